The molecular weight excluding hydrogens is 450 g/mol. The first-order valence-corrected chi connectivity index (χ1v) is 12.1. The van der Waals surface area contributed by atoms with Crippen molar-refractivity contribution < 1.29 is 18.0 Å². The van der Waals surface area contributed by atoms with Crippen LogP contribution >= 0.6 is 0 Å². The van der Waals surface area contributed by atoms with Gasteiger partial charge in [0.1, 0.15) is 0 Å². The molecule has 3 aromatic rings. The lowest BCUT2D eigenvalue weighted by Gasteiger charge is -2.21. The third kappa shape index (κ3) is 4.65. The van der Waals surface area contributed by atoms with Gasteiger partial charge in [-0.3, -0.25) is 13.9 Å². The number of amides is 2. The van der Waals surface area contributed by atoms with Gasteiger partial charge in [-0.1, -0.05) is 36.3 Å². The Hall–Kier alpha value is -4.09. The summed E-state index contributed by atoms with van der Waals surface area (Å²) in [4.78, 5) is 26.6. The topological polar surface area (TPSA) is 86.8 Å². The predicted molar refractivity (Wildman–Crippen MR) is 131 cm³/mol. The molecule has 1 aliphatic heterocycles. The smallest absolute Gasteiger partial charge is 0.264 e. The molecule has 0 aliphatic carbocycles. The van der Waals surface area contributed by atoms with E-state index in [1.54, 1.807) is 36.4 Å². The molecule has 0 saturated heterocycles. The van der Waals surface area contributed by atoms with Crippen LogP contribution in [-0.2, 0) is 21.2 Å². The molecule has 34 heavy (non-hydrogen) atoms. The highest BCUT2D eigenvalue weighted by Gasteiger charge is 2.31. The summed E-state index contributed by atoms with van der Waals surface area (Å²) in [5.41, 5.74) is 2.96. The van der Waals surface area contributed by atoms with Crippen molar-refractivity contribution >= 4 is 33.2 Å². The van der Waals surface area contributed by atoms with Crippen molar-refractivity contribution in [1.82, 2.24) is 4.90 Å². The number of nitrogens with zero attached hydrogens (tertiary/aromatic N) is 2. The van der Waals surface area contributed by atoms with Gasteiger partial charge in [0.05, 0.1) is 17.1 Å². The number of anilines is 2. The first kappa shape index (κ1) is 23.1. The largest absolute Gasteiger partial charge is 0.332 e. The number of hydrogen-bond acceptors (Lipinski definition) is 4. The average Bonchev–Trinajstić information content (AvgIpc) is 3.28. The molecule has 0 spiro atoms. The first-order chi connectivity index (χ1) is 16.3. The third-order valence-corrected chi connectivity index (χ3v) is 7.36. The molecule has 0 bridgehead atoms. The number of terminal acetylenes is 1. The minimum absolute atomic E-state index is 0.0269. The lowest BCUT2D eigenvalue weighted by atomic mass is 10.2. The lowest BCUT2D eigenvalue weighted by molar-refractivity contribution is -0.116. The van der Waals surface area contributed by atoms with Crippen LogP contribution in [0.15, 0.2) is 77.7 Å². The van der Waals surface area contributed by atoms with E-state index in [1.165, 1.54) is 40.5 Å². The van der Waals surface area contributed by atoms with E-state index in [0.29, 0.717) is 29.9 Å². The van der Waals surface area contributed by atoms with Crippen molar-refractivity contribution in [1.29, 1.82) is 0 Å². The molecular formula is C26H23N3O4S. The number of carbonyl (C=O) groups is 2. The second-order valence-corrected chi connectivity index (χ2v) is 9.78. The molecule has 0 atom stereocenters. The number of nitrogens with one attached hydrogen (secondary N) is 1. The number of para-hydroxylation sites is 1. The van der Waals surface area contributed by atoms with Gasteiger partial charge in [0.15, 0.2) is 0 Å². The maximum Gasteiger partial charge on any atom is 0.264 e. The SMILES string of the molecule is C#Cc1cccc(NC(=O)CN(C)C(=O)c2cccc(S(=O)(=O)N3CCc4ccccc43)c2)c1. The molecule has 172 valence electrons. The summed E-state index contributed by atoms with van der Waals surface area (Å²) in [6.07, 6.45) is 6.01. The maximum atomic E-state index is 13.3. The standard InChI is InChI=1S/C26H23N3O4S/c1-3-19-8-6-11-22(16-19)27-25(30)18-28(2)26(31)21-10-7-12-23(17-21)34(32,33)29-15-14-20-9-4-5-13-24(20)29/h1,4-13,16-17H,14-15,18H2,2H3,(H,27,30). The van der Waals surface area contributed by atoms with Crippen LogP contribution in [0.1, 0.15) is 21.5 Å². The van der Waals surface area contributed by atoms with Crippen LogP contribution in [-0.4, -0.2) is 45.3 Å². The van der Waals surface area contributed by atoms with Crippen molar-refractivity contribution in [2.24, 2.45) is 0 Å². The first-order valence-electron chi connectivity index (χ1n) is 10.6. The molecule has 1 N–H and O–H groups in total. The fourth-order valence-electron chi connectivity index (χ4n) is 3.87. The quantitative estimate of drug-likeness (QED) is 0.558. The van der Waals surface area contributed by atoms with E-state index in [9.17, 15) is 18.0 Å². The van der Waals surface area contributed by atoms with Crippen LogP contribution < -0.4 is 9.62 Å². The molecule has 0 aromatic heterocycles. The number of carbonyl (C=O) groups excluding carboxylic acids is 2. The monoisotopic (exact) mass is 473 g/mol. The summed E-state index contributed by atoms with van der Waals surface area (Å²) in [5.74, 6) is 1.63. The fraction of sp³-hybridized carbons (Fsp3) is 0.154. The number of benzene rings is 3. The van der Waals surface area contributed by atoms with Gasteiger partial charge in [0, 0.05) is 30.4 Å². The summed E-state index contributed by atoms with van der Waals surface area (Å²) in [6, 6.07) is 20.1. The normalized spacial score (nSPS) is 12.5. The highest BCUT2D eigenvalue weighted by molar-refractivity contribution is 7.92. The Morgan fingerprint density at radius 3 is 2.62 bits per heavy atom. The lowest BCUT2D eigenvalue weighted by Crippen LogP contribution is -2.35. The zero-order valence-corrected chi connectivity index (χ0v) is 19.4. The van der Waals surface area contributed by atoms with Gasteiger partial charge >= 0.3 is 0 Å². The predicted octanol–water partition coefficient (Wildman–Crippen LogP) is 3.13. The number of sulfonamides is 1. The van der Waals surface area contributed by atoms with Crippen molar-refractivity contribution in [3.8, 4) is 12.3 Å². The second kappa shape index (κ2) is 9.41. The number of hydrogen-bond donors (Lipinski definition) is 1. The molecule has 0 unspecified atom stereocenters. The third-order valence-electron chi connectivity index (χ3n) is 5.55. The second-order valence-electron chi connectivity index (χ2n) is 7.92. The van der Waals surface area contributed by atoms with Crippen molar-refractivity contribution in [2.75, 3.05) is 29.8 Å². The molecule has 4 rings (SSSR count). The number of rotatable bonds is 6. The van der Waals surface area contributed by atoms with E-state index in [0.717, 1.165) is 5.56 Å². The molecule has 0 radical (unpaired) electrons. The summed E-state index contributed by atoms with van der Waals surface area (Å²) in [5, 5.41) is 2.71. The summed E-state index contributed by atoms with van der Waals surface area (Å²) in [6.45, 7) is 0.135. The highest BCUT2D eigenvalue weighted by atomic mass is 32.2. The Labute approximate surface area is 199 Å². The Balaban J connectivity index is 1.48. The van der Waals surface area contributed by atoms with E-state index >= 15 is 0 Å². The highest BCUT2D eigenvalue weighted by Crippen LogP contribution is 2.32. The van der Waals surface area contributed by atoms with Crippen LogP contribution in [0.3, 0.4) is 0 Å². The number of likely N-dealkylation sites (N-methyl/N-ethyl adjacent to an activating group) is 1. The Bertz CT molecular complexity index is 1410. The van der Waals surface area contributed by atoms with Gasteiger partial charge < -0.3 is 10.2 Å². The van der Waals surface area contributed by atoms with E-state index in [1.807, 2.05) is 12.1 Å². The van der Waals surface area contributed by atoms with Crippen molar-refractivity contribution in [3.05, 3.63) is 89.5 Å². The van der Waals surface area contributed by atoms with Crippen molar-refractivity contribution in [2.45, 2.75) is 11.3 Å². The molecule has 2 amide bonds. The molecule has 1 heterocycles. The van der Waals surface area contributed by atoms with Gasteiger partial charge in [-0.05, 0) is 54.4 Å². The summed E-state index contributed by atoms with van der Waals surface area (Å²) >= 11 is 0. The van der Waals surface area contributed by atoms with Gasteiger partial charge in [-0.15, -0.1) is 6.42 Å². The zero-order valence-electron chi connectivity index (χ0n) is 18.6. The molecule has 3 aromatic carbocycles. The van der Waals surface area contributed by atoms with Gasteiger partial charge in [0.2, 0.25) is 5.91 Å². The van der Waals surface area contributed by atoms with Gasteiger partial charge in [0.25, 0.3) is 15.9 Å². The van der Waals surface area contributed by atoms with E-state index in [-0.39, 0.29) is 17.0 Å². The fourth-order valence-corrected chi connectivity index (χ4v) is 5.42. The zero-order chi connectivity index (χ0) is 24.3. The Morgan fingerprint density at radius 1 is 1.06 bits per heavy atom. The minimum atomic E-state index is -3.84. The van der Waals surface area contributed by atoms with Crippen molar-refractivity contribution in [3.63, 3.8) is 0 Å². The molecule has 0 fully saturated rings. The Kier molecular flexibility index (Phi) is 6.39. The van der Waals surface area contributed by atoms with Crippen LogP contribution in [0.4, 0.5) is 11.4 Å². The van der Waals surface area contributed by atoms with Gasteiger partial charge in [-0.2, -0.15) is 0 Å². The average molecular weight is 474 g/mol. The molecule has 8 heteroatoms. The van der Waals surface area contributed by atoms with Crippen LogP contribution in [0.25, 0.3) is 0 Å². The summed E-state index contributed by atoms with van der Waals surface area (Å²) in [7, 11) is -2.35. The Morgan fingerprint density at radius 2 is 1.82 bits per heavy atom. The summed E-state index contributed by atoms with van der Waals surface area (Å²) < 4.78 is 28.0. The van der Waals surface area contributed by atoms with Crippen LogP contribution in [0, 0.1) is 12.3 Å². The molecule has 7 nitrogen and oxygen atoms in total. The van der Waals surface area contributed by atoms with E-state index in [4.69, 9.17) is 6.42 Å². The minimum Gasteiger partial charge on any atom is -0.332 e. The van der Waals surface area contributed by atoms with E-state index in [2.05, 4.69) is 11.2 Å². The maximum absolute atomic E-state index is 13.3. The molecule has 0 saturated carbocycles. The van der Waals surface area contributed by atoms with E-state index < -0.39 is 21.8 Å². The van der Waals surface area contributed by atoms with Gasteiger partial charge in [-0.25, -0.2) is 8.42 Å². The number of fused-ring (bicyclic) bond motifs is 1. The van der Waals surface area contributed by atoms with Crippen LogP contribution in [0.5, 0.6) is 0 Å². The molecule has 1 aliphatic rings. The van der Waals surface area contributed by atoms with Crippen LogP contribution in [0.2, 0.25) is 0 Å².